The van der Waals surface area contributed by atoms with E-state index in [1.54, 1.807) is 18.0 Å². The van der Waals surface area contributed by atoms with Crippen molar-refractivity contribution in [2.45, 2.75) is 38.3 Å². The van der Waals surface area contributed by atoms with Gasteiger partial charge in [-0.05, 0) is 50.1 Å². The first-order valence-corrected chi connectivity index (χ1v) is 8.65. The topological polar surface area (TPSA) is 85.5 Å². The van der Waals surface area contributed by atoms with Crippen LogP contribution in [0.1, 0.15) is 31.5 Å². The molecule has 3 rings (SSSR count). The van der Waals surface area contributed by atoms with Crippen molar-refractivity contribution in [3.63, 3.8) is 0 Å². The average molecular weight is 353 g/mol. The van der Waals surface area contributed by atoms with Crippen LogP contribution in [0.4, 0.5) is 0 Å². The lowest BCUT2D eigenvalue weighted by Crippen LogP contribution is -2.46. The second kappa shape index (κ2) is 7.15. The number of hydrogen-bond acceptors (Lipinski definition) is 4. The Hall–Kier alpha value is -2.89. The zero-order valence-corrected chi connectivity index (χ0v) is 15.0. The zero-order chi connectivity index (χ0) is 18.7. The van der Waals surface area contributed by atoms with Crippen molar-refractivity contribution in [3.05, 3.63) is 59.9 Å². The van der Waals surface area contributed by atoms with E-state index in [1.807, 2.05) is 49.4 Å². The number of likely N-dealkylation sites (tertiary alicyclic amines) is 1. The van der Waals surface area contributed by atoms with Gasteiger partial charge in [0.15, 0.2) is 0 Å². The molecule has 0 radical (unpaired) electrons. The Morgan fingerprint density at radius 1 is 1.31 bits per heavy atom. The maximum absolute atomic E-state index is 12.8. The summed E-state index contributed by atoms with van der Waals surface area (Å²) in [6.07, 6.45) is 2.38. The molecule has 6 nitrogen and oxygen atoms in total. The molecule has 2 atom stereocenters. The number of carbonyl (C=O) groups excluding carboxylic acids is 2. The molecule has 2 N–H and O–H groups in total. The Labute approximate surface area is 153 Å². The van der Waals surface area contributed by atoms with Gasteiger partial charge >= 0.3 is 0 Å². The summed E-state index contributed by atoms with van der Waals surface area (Å²) in [6, 6.07) is 12.6. The van der Waals surface area contributed by atoms with Gasteiger partial charge in [0.2, 0.25) is 11.8 Å². The molecule has 0 bridgehead atoms. The highest BCUT2D eigenvalue weighted by molar-refractivity contribution is 5.94. The predicted molar refractivity (Wildman–Crippen MR) is 97.3 cm³/mol. The number of amides is 2. The van der Waals surface area contributed by atoms with Crippen LogP contribution in [0.2, 0.25) is 0 Å². The molecule has 0 aliphatic carbocycles. The Morgan fingerprint density at radius 3 is 2.65 bits per heavy atom. The van der Waals surface area contributed by atoms with E-state index in [-0.39, 0.29) is 5.91 Å². The molecular weight excluding hydrogens is 330 g/mol. The van der Waals surface area contributed by atoms with E-state index >= 15 is 0 Å². The summed E-state index contributed by atoms with van der Waals surface area (Å²) in [5.41, 5.74) is 6.46. The van der Waals surface area contributed by atoms with E-state index < -0.39 is 17.4 Å². The van der Waals surface area contributed by atoms with Gasteiger partial charge in [0, 0.05) is 12.7 Å². The van der Waals surface area contributed by atoms with E-state index in [4.69, 9.17) is 10.5 Å². The molecule has 1 aliphatic heterocycles. The quantitative estimate of drug-likeness (QED) is 0.861. The third-order valence-electron chi connectivity index (χ3n) is 5.07. The maximum Gasteiger partial charge on any atom is 0.239 e. The van der Waals surface area contributed by atoms with Crippen LogP contribution in [0, 0.1) is 0 Å². The highest BCUT2D eigenvalue weighted by Crippen LogP contribution is 2.37. The van der Waals surface area contributed by atoms with Crippen molar-refractivity contribution in [2.75, 3.05) is 6.54 Å². The normalized spacial score (nSPS) is 20.8. The number of ether oxygens (including phenoxy) is 1. The molecule has 1 aromatic heterocycles. The summed E-state index contributed by atoms with van der Waals surface area (Å²) in [5, 5.41) is 0. The number of rotatable bonds is 6. The molecule has 6 heteroatoms. The maximum atomic E-state index is 12.8. The molecule has 1 aromatic carbocycles. The van der Waals surface area contributed by atoms with Gasteiger partial charge in [0.1, 0.15) is 18.4 Å². The summed E-state index contributed by atoms with van der Waals surface area (Å²) in [6.45, 7) is 4.49. The van der Waals surface area contributed by atoms with Gasteiger partial charge in [0.05, 0.1) is 11.1 Å². The van der Waals surface area contributed by atoms with E-state index in [9.17, 15) is 9.59 Å². The predicted octanol–water partition coefficient (Wildman–Crippen LogP) is 2.02. The fourth-order valence-electron chi connectivity index (χ4n) is 3.22. The first kappa shape index (κ1) is 17.9. The number of hydrogen-bond donors (Lipinski definition) is 1. The van der Waals surface area contributed by atoms with Gasteiger partial charge < -0.3 is 15.4 Å². The van der Waals surface area contributed by atoms with Crippen LogP contribution in [0.25, 0.3) is 0 Å². The highest BCUT2D eigenvalue weighted by Gasteiger charge is 2.46. The van der Waals surface area contributed by atoms with E-state index in [0.29, 0.717) is 19.6 Å². The van der Waals surface area contributed by atoms with Crippen molar-refractivity contribution in [1.82, 2.24) is 9.88 Å². The zero-order valence-electron chi connectivity index (χ0n) is 15.0. The van der Waals surface area contributed by atoms with Crippen molar-refractivity contribution >= 4 is 11.8 Å². The lowest BCUT2D eigenvalue weighted by Gasteiger charge is -2.26. The first-order valence-electron chi connectivity index (χ1n) is 8.65. The second-order valence-electron chi connectivity index (χ2n) is 6.79. The number of primary amides is 1. The number of carbonyl (C=O) groups is 2. The first-order chi connectivity index (χ1) is 12.4. The van der Waals surface area contributed by atoms with E-state index in [1.165, 1.54) is 0 Å². The largest absolute Gasteiger partial charge is 0.487 e. The molecule has 0 spiro atoms. The van der Waals surface area contributed by atoms with Gasteiger partial charge in [-0.25, -0.2) is 0 Å². The Bertz CT molecular complexity index is 792. The summed E-state index contributed by atoms with van der Waals surface area (Å²) < 4.78 is 5.74. The summed E-state index contributed by atoms with van der Waals surface area (Å²) in [7, 11) is 0. The third-order valence-corrected chi connectivity index (χ3v) is 5.07. The lowest BCUT2D eigenvalue weighted by atomic mass is 9.81. The molecule has 2 amide bonds. The molecule has 2 heterocycles. The molecule has 136 valence electrons. The minimum atomic E-state index is -0.650. The molecule has 1 fully saturated rings. The standard InChI is InChI=1S/C20H23N3O3/c1-14(18(21)24)23-12-10-20(2,19(23)25)15-6-8-17(9-7-15)26-13-16-5-3-4-11-22-16/h3-9,11,14H,10,12-13H2,1-2H3,(H2,21,24). The van der Waals surface area contributed by atoms with Crippen LogP contribution in [-0.4, -0.2) is 34.3 Å². The Balaban J connectivity index is 1.70. The summed E-state index contributed by atoms with van der Waals surface area (Å²) in [4.78, 5) is 30.1. The van der Waals surface area contributed by atoms with Gasteiger partial charge in [-0.3, -0.25) is 14.6 Å². The molecule has 1 saturated heterocycles. The van der Waals surface area contributed by atoms with Gasteiger partial charge in [0.25, 0.3) is 0 Å². The SMILES string of the molecule is CC(C(N)=O)N1CCC(C)(c2ccc(OCc3ccccn3)cc2)C1=O. The number of benzene rings is 1. The fourth-order valence-corrected chi connectivity index (χ4v) is 3.22. The smallest absolute Gasteiger partial charge is 0.239 e. The van der Waals surface area contributed by atoms with Crippen molar-refractivity contribution < 1.29 is 14.3 Å². The number of nitrogens with zero attached hydrogens (tertiary/aromatic N) is 2. The van der Waals surface area contributed by atoms with Crippen LogP contribution in [-0.2, 0) is 21.6 Å². The second-order valence-corrected chi connectivity index (χ2v) is 6.79. The van der Waals surface area contributed by atoms with Crippen LogP contribution in [0.15, 0.2) is 48.7 Å². The lowest BCUT2D eigenvalue weighted by molar-refractivity contribution is -0.138. The molecule has 2 aromatic rings. The van der Waals surface area contributed by atoms with Crippen molar-refractivity contribution in [3.8, 4) is 5.75 Å². The van der Waals surface area contributed by atoms with Crippen molar-refractivity contribution in [1.29, 1.82) is 0 Å². The molecule has 0 saturated carbocycles. The van der Waals surface area contributed by atoms with Gasteiger partial charge in [-0.2, -0.15) is 0 Å². The number of nitrogens with two attached hydrogens (primary N) is 1. The monoisotopic (exact) mass is 353 g/mol. The van der Waals surface area contributed by atoms with Crippen LogP contribution in [0.3, 0.4) is 0 Å². The highest BCUT2D eigenvalue weighted by atomic mass is 16.5. The van der Waals surface area contributed by atoms with Crippen LogP contribution < -0.4 is 10.5 Å². The van der Waals surface area contributed by atoms with Gasteiger partial charge in [-0.15, -0.1) is 0 Å². The number of aromatic nitrogens is 1. The van der Waals surface area contributed by atoms with Crippen LogP contribution >= 0.6 is 0 Å². The minimum absolute atomic E-state index is 0.0639. The minimum Gasteiger partial charge on any atom is -0.487 e. The van der Waals surface area contributed by atoms with Crippen molar-refractivity contribution in [2.24, 2.45) is 5.73 Å². The third kappa shape index (κ3) is 3.40. The molecular formula is C20H23N3O3. The Morgan fingerprint density at radius 2 is 2.04 bits per heavy atom. The van der Waals surface area contributed by atoms with Crippen LogP contribution in [0.5, 0.6) is 5.75 Å². The average Bonchev–Trinajstić information content (AvgIpc) is 2.96. The molecule has 26 heavy (non-hydrogen) atoms. The van der Waals surface area contributed by atoms with E-state index in [2.05, 4.69) is 4.98 Å². The molecule has 2 unspecified atom stereocenters. The number of pyridine rings is 1. The Kier molecular flexibility index (Phi) is 4.93. The van der Waals surface area contributed by atoms with E-state index in [0.717, 1.165) is 17.0 Å². The summed E-state index contributed by atoms with van der Waals surface area (Å²) in [5.74, 6) is 0.169. The summed E-state index contributed by atoms with van der Waals surface area (Å²) >= 11 is 0. The molecule has 1 aliphatic rings. The fraction of sp³-hybridized carbons (Fsp3) is 0.350. The van der Waals surface area contributed by atoms with Gasteiger partial charge in [-0.1, -0.05) is 18.2 Å².